The Morgan fingerprint density at radius 2 is 1.62 bits per heavy atom. The van der Waals surface area contributed by atoms with Crippen molar-refractivity contribution < 1.29 is 18.7 Å². The fraction of sp³-hybridized carbons (Fsp3) is 0.179. The fourth-order valence-corrected chi connectivity index (χ4v) is 3.77. The molecule has 1 N–H and O–H groups in total. The molecule has 0 spiro atoms. The van der Waals surface area contributed by atoms with Crippen LogP contribution in [0.1, 0.15) is 32.6 Å². The molecule has 1 amide bonds. The summed E-state index contributed by atoms with van der Waals surface area (Å²) in [5.41, 5.74) is 3.72. The highest BCUT2D eigenvalue weighted by atomic mass is 16.5. The maximum atomic E-state index is 13.1. The van der Waals surface area contributed by atoms with Crippen molar-refractivity contribution in [2.24, 2.45) is 0 Å². The van der Waals surface area contributed by atoms with E-state index in [4.69, 9.17) is 9.15 Å². The average Bonchev–Trinajstić information content (AvgIpc) is 2.85. The third-order valence-corrected chi connectivity index (χ3v) is 5.80. The van der Waals surface area contributed by atoms with Crippen molar-refractivity contribution in [3.8, 4) is 0 Å². The summed E-state index contributed by atoms with van der Waals surface area (Å²) in [5.74, 6) is -0.950. The molecule has 0 aliphatic heterocycles. The molecule has 0 saturated heterocycles. The summed E-state index contributed by atoms with van der Waals surface area (Å²) < 4.78 is 11.0. The van der Waals surface area contributed by atoms with Gasteiger partial charge in [-0.1, -0.05) is 60.7 Å². The van der Waals surface area contributed by atoms with Gasteiger partial charge >= 0.3 is 11.6 Å². The minimum atomic E-state index is -0.898. The number of aryl methyl sites for hydroxylation is 2. The minimum absolute atomic E-state index is 0.115. The Bertz CT molecular complexity index is 1380. The first-order valence-electron chi connectivity index (χ1n) is 11.0. The monoisotopic (exact) mass is 455 g/mol. The summed E-state index contributed by atoms with van der Waals surface area (Å²) in [6.45, 7) is 3.70. The molecule has 0 aliphatic rings. The van der Waals surface area contributed by atoms with Crippen LogP contribution in [0, 0.1) is 13.8 Å². The molecule has 0 fully saturated rings. The van der Waals surface area contributed by atoms with Crippen LogP contribution in [0.4, 0.5) is 0 Å². The number of nitrogens with one attached hydrogen (secondary N) is 1. The summed E-state index contributed by atoms with van der Waals surface area (Å²) in [6.07, 6.45) is 0.272. The van der Waals surface area contributed by atoms with E-state index >= 15 is 0 Å². The average molecular weight is 456 g/mol. The molecule has 0 saturated carbocycles. The second-order valence-corrected chi connectivity index (χ2v) is 8.16. The topological polar surface area (TPSA) is 85.6 Å². The number of rotatable bonds is 7. The quantitative estimate of drug-likeness (QED) is 0.328. The van der Waals surface area contributed by atoms with Crippen LogP contribution in [-0.4, -0.2) is 17.9 Å². The highest BCUT2D eigenvalue weighted by molar-refractivity contribution is 5.96. The second kappa shape index (κ2) is 10.2. The van der Waals surface area contributed by atoms with Gasteiger partial charge in [0.25, 0.3) is 5.91 Å². The lowest BCUT2D eigenvalue weighted by atomic mass is 10.0. The first-order valence-corrected chi connectivity index (χ1v) is 11.0. The van der Waals surface area contributed by atoms with E-state index < -0.39 is 17.6 Å². The van der Waals surface area contributed by atoms with Crippen molar-refractivity contribution in [2.45, 2.75) is 32.9 Å². The van der Waals surface area contributed by atoms with Gasteiger partial charge in [-0.25, -0.2) is 9.59 Å². The van der Waals surface area contributed by atoms with Crippen molar-refractivity contribution in [1.29, 1.82) is 0 Å². The SMILES string of the molecule is Cc1ccc2c(COC(=O)[C@@H](Cc3ccccc3)NC(=O)c3ccccc3)cc(=O)oc2c1C. The molecule has 3 aromatic carbocycles. The van der Waals surface area contributed by atoms with E-state index in [-0.39, 0.29) is 18.9 Å². The molecule has 34 heavy (non-hydrogen) atoms. The van der Waals surface area contributed by atoms with Crippen molar-refractivity contribution >= 4 is 22.8 Å². The van der Waals surface area contributed by atoms with Gasteiger partial charge in [-0.2, -0.15) is 0 Å². The standard InChI is InChI=1S/C28H25NO5/c1-18-13-14-23-22(16-25(30)34-26(23)19(18)2)17-33-28(32)24(15-20-9-5-3-6-10-20)29-27(31)21-11-7-4-8-12-21/h3-14,16,24H,15,17H2,1-2H3,(H,29,31)/t24-/m1/s1. The molecule has 1 atom stereocenters. The molecule has 0 aliphatic carbocycles. The molecule has 1 heterocycles. The molecular weight excluding hydrogens is 430 g/mol. The first-order chi connectivity index (χ1) is 16.4. The molecule has 172 valence electrons. The molecule has 6 heteroatoms. The Kier molecular flexibility index (Phi) is 6.87. The van der Waals surface area contributed by atoms with Gasteiger partial charge in [0.05, 0.1) is 0 Å². The van der Waals surface area contributed by atoms with Crippen LogP contribution >= 0.6 is 0 Å². The number of hydrogen-bond acceptors (Lipinski definition) is 5. The van der Waals surface area contributed by atoms with Gasteiger partial charge in [-0.15, -0.1) is 0 Å². The van der Waals surface area contributed by atoms with E-state index in [1.165, 1.54) is 6.07 Å². The van der Waals surface area contributed by atoms with E-state index in [2.05, 4.69) is 5.32 Å². The summed E-state index contributed by atoms with van der Waals surface area (Å²) in [6, 6.07) is 22.3. The van der Waals surface area contributed by atoms with Gasteiger partial charge in [-0.05, 0) is 42.7 Å². The van der Waals surface area contributed by atoms with Crippen LogP contribution in [0.25, 0.3) is 11.0 Å². The highest BCUT2D eigenvalue weighted by Gasteiger charge is 2.24. The lowest BCUT2D eigenvalue weighted by Gasteiger charge is -2.18. The summed E-state index contributed by atoms with van der Waals surface area (Å²) >= 11 is 0. The van der Waals surface area contributed by atoms with Crippen molar-refractivity contribution in [1.82, 2.24) is 5.32 Å². The van der Waals surface area contributed by atoms with Crippen molar-refractivity contribution in [2.75, 3.05) is 0 Å². The molecule has 0 radical (unpaired) electrons. The van der Waals surface area contributed by atoms with E-state index in [9.17, 15) is 14.4 Å². The van der Waals surface area contributed by atoms with Crippen LogP contribution in [0.5, 0.6) is 0 Å². The number of amides is 1. The Morgan fingerprint density at radius 1 is 0.941 bits per heavy atom. The Morgan fingerprint density at radius 3 is 2.32 bits per heavy atom. The third-order valence-electron chi connectivity index (χ3n) is 5.80. The number of fused-ring (bicyclic) bond motifs is 1. The Balaban J connectivity index is 1.56. The predicted molar refractivity (Wildman–Crippen MR) is 130 cm³/mol. The molecule has 0 unspecified atom stereocenters. The zero-order valence-corrected chi connectivity index (χ0v) is 19.0. The number of carbonyl (C=O) groups excluding carboxylic acids is 2. The first kappa shape index (κ1) is 23.0. The lowest BCUT2D eigenvalue weighted by Crippen LogP contribution is -2.43. The molecule has 1 aromatic heterocycles. The maximum absolute atomic E-state index is 13.1. The molecule has 4 rings (SSSR count). The van der Waals surface area contributed by atoms with E-state index in [1.807, 2.05) is 62.4 Å². The normalized spacial score (nSPS) is 11.7. The highest BCUT2D eigenvalue weighted by Crippen LogP contribution is 2.24. The zero-order chi connectivity index (χ0) is 24.1. The van der Waals surface area contributed by atoms with Crippen LogP contribution in [0.15, 0.2) is 88.1 Å². The number of ether oxygens (including phenoxy) is 1. The number of benzene rings is 3. The largest absolute Gasteiger partial charge is 0.459 e. The number of hydrogen-bond donors (Lipinski definition) is 1. The van der Waals surface area contributed by atoms with Gasteiger partial charge < -0.3 is 14.5 Å². The summed E-state index contributed by atoms with van der Waals surface area (Å²) in [5, 5.41) is 3.50. The molecule has 0 bridgehead atoms. The van der Waals surface area contributed by atoms with Crippen LogP contribution in [-0.2, 0) is 22.6 Å². The van der Waals surface area contributed by atoms with E-state index in [0.29, 0.717) is 22.1 Å². The van der Waals surface area contributed by atoms with Crippen LogP contribution in [0.3, 0.4) is 0 Å². The predicted octanol–water partition coefficient (Wildman–Crippen LogP) is 4.49. The Labute approximate surface area is 197 Å². The lowest BCUT2D eigenvalue weighted by molar-refractivity contribution is -0.147. The fourth-order valence-electron chi connectivity index (χ4n) is 3.77. The smallest absolute Gasteiger partial charge is 0.336 e. The van der Waals surface area contributed by atoms with Gasteiger partial charge in [-0.3, -0.25) is 4.79 Å². The maximum Gasteiger partial charge on any atom is 0.336 e. The van der Waals surface area contributed by atoms with E-state index in [1.54, 1.807) is 24.3 Å². The third kappa shape index (κ3) is 5.23. The molecular formula is C28H25NO5. The number of esters is 1. The van der Waals surface area contributed by atoms with Gasteiger partial charge in [0.15, 0.2) is 0 Å². The molecule has 6 nitrogen and oxygen atoms in total. The van der Waals surface area contributed by atoms with Gasteiger partial charge in [0, 0.05) is 29.0 Å². The van der Waals surface area contributed by atoms with Crippen LogP contribution < -0.4 is 10.9 Å². The second-order valence-electron chi connectivity index (χ2n) is 8.16. The van der Waals surface area contributed by atoms with Crippen molar-refractivity contribution in [3.05, 3.63) is 117 Å². The summed E-state index contributed by atoms with van der Waals surface area (Å²) in [4.78, 5) is 38.0. The van der Waals surface area contributed by atoms with E-state index in [0.717, 1.165) is 16.7 Å². The van der Waals surface area contributed by atoms with Gasteiger partial charge in [0.2, 0.25) is 0 Å². The summed E-state index contributed by atoms with van der Waals surface area (Å²) in [7, 11) is 0. The number of carbonyl (C=O) groups is 2. The minimum Gasteiger partial charge on any atom is -0.459 e. The van der Waals surface area contributed by atoms with Crippen molar-refractivity contribution in [3.63, 3.8) is 0 Å². The zero-order valence-electron chi connectivity index (χ0n) is 19.0. The Hall–Kier alpha value is -4.19. The van der Waals surface area contributed by atoms with Crippen LogP contribution in [0.2, 0.25) is 0 Å². The molecule has 4 aromatic rings. The van der Waals surface area contributed by atoms with Gasteiger partial charge in [0.1, 0.15) is 18.2 Å².